The Morgan fingerprint density at radius 2 is 1.86 bits per heavy atom. The first kappa shape index (κ1) is 13.3. The molecule has 0 aliphatic heterocycles. The highest BCUT2D eigenvalue weighted by molar-refractivity contribution is 7.86. The van der Waals surface area contributed by atoms with Gasteiger partial charge in [0.25, 0.3) is 10.2 Å². The lowest BCUT2D eigenvalue weighted by Gasteiger charge is -2.23. The van der Waals surface area contributed by atoms with Gasteiger partial charge in [-0.25, -0.2) is 0 Å². The van der Waals surface area contributed by atoms with Gasteiger partial charge in [0.1, 0.15) is 0 Å². The van der Waals surface area contributed by atoms with E-state index in [9.17, 15) is 8.42 Å². The van der Waals surface area contributed by atoms with Crippen LogP contribution in [0, 0.1) is 11.3 Å². The first-order chi connectivity index (χ1) is 6.19. The van der Waals surface area contributed by atoms with Gasteiger partial charge in [-0.05, 0) is 0 Å². The van der Waals surface area contributed by atoms with Crippen molar-refractivity contribution in [3.05, 3.63) is 0 Å². The third kappa shape index (κ3) is 3.24. The standard InChI is InChI=1S/C7H18N4O2S/c1-6(7(8)9)5-11(4)14(12,13)10(2)3/h6H,5H2,1-4H3,(H3,8,9). The Bertz CT molecular complexity index is 299. The molecule has 0 heterocycles. The van der Waals surface area contributed by atoms with Crippen LogP contribution >= 0.6 is 0 Å². The fourth-order valence-corrected chi connectivity index (χ4v) is 1.83. The molecule has 0 aliphatic carbocycles. The van der Waals surface area contributed by atoms with Gasteiger partial charge in [0.2, 0.25) is 0 Å². The average molecular weight is 222 g/mol. The minimum atomic E-state index is -3.39. The number of nitrogens with one attached hydrogen (secondary N) is 1. The summed E-state index contributed by atoms with van der Waals surface area (Å²) in [5, 5.41) is 7.15. The first-order valence-corrected chi connectivity index (χ1v) is 5.57. The van der Waals surface area contributed by atoms with E-state index in [1.807, 2.05) is 0 Å². The van der Waals surface area contributed by atoms with Gasteiger partial charge in [0, 0.05) is 33.6 Å². The maximum Gasteiger partial charge on any atom is 0.281 e. The molecule has 1 atom stereocenters. The van der Waals surface area contributed by atoms with Gasteiger partial charge in [-0.1, -0.05) is 6.92 Å². The molecule has 1 unspecified atom stereocenters. The van der Waals surface area contributed by atoms with Crippen molar-refractivity contribution in [3.63, 3.8) is 0 Å². The molecule has 0 rings (SSSR count). The molecule has 3 N–H and O–H groups in total. The maximum absolute atomic E-state index is 11.5. The van der Waals surface area contributed by atoms with Crippen molar-refractivity contribution < 1.29 is 8.42 Å². The average Bonchev–Trinajstić information content (AvgIpc) is 2.03. The van der Waals surface area contributed by atoms with Gasteiger partial charge < -0.3 is 5.73 Å². The summed E-state index contributed by atoms with van der Waals surface area (Å²) in [4.78, 5) is 0. The van der Waals surface area contributed by atoms with Crippen LogP contribution in [-0.2, 0) is 10.2 Å². The molecule has 6 nitrogen and oxygen atoms in total. The van der Waals surface area contributed by atoms with Crippen LogP contribution in [0.2, 0.25) is 0 Å². The highest BCUT2D eigenvalue weighted by Gasteiger charge is 2.22. The Kier molecular flexibility index (Phi) is 4.50. The van der Waals surface area contributed by atoms with Crippen molar-refractivity contribution in [3.8, 4) is 0 Å². The summed E-state index contributed by atoms with van der Waals surface area (Å²) in [6, 6.07) is 0. The second kappa shape index (κ2) is 4.72. The van der Waals surface area contributed by atoms with E-state index in [-0.39, 0.29) is 18.3 Å². The van der Waals surface area contributed by atoms with Crippen molar-refractivity contribution in [1.29, 1.82) is 5.41 Å². The summed E-state index contributed by atoms with van der Waals surface area (Å²) in [7, 11) is 1.00. The van der Waals surface area contributed by atoms with Gasteiger partial charge >= 0.3 is 0 Å². The molecule has 0 aromatic carbocycles. The maximum atomic E-state index is 11.5. The summed E-state index contributed by atoms with van der Waals surface area (Å²) < 4.78 is 25.4. The van der Waals surface area contributed by atoms with Crippen LogP contribution in [0.1, 0.15) is 6.92 Å². The van der Waals surface area contributed by atoms with Crippen LogP contribution in [-0.4, -0.2) is 50.6 Å². The molecular formula is C7H18N4O2S. The van der Waals surface area contributed by atoms with Gasteiger partial charge in [-0.3, -0.25) is 5.41 Å². The van der Waals surface area contributed by atoms with E-state index >= 15 is 0 Å². The lowest BCUT2D eigenvalue weighted by Crippen LogP contribution is -2.41. The van der Waals surface area contributed by atoms with Crippen molar-refractivity contribution in [2.24, 2.45) is 11.7 Å². The first-order valence-electron chi connectivity index (χ1n) is 4.17. The molecule has 0 aromatic rings. The molecule has 0 saturated carbocycles. The number of amidine groups is 1. The molecule has 0 amide bonds. The van der Waals surface area contributed by atoms with Crippen LogP contribution in [0.5, 0.6) is 0 Å². The minimum absolute atomic E-state index is 0.00851. The molecule has 0 saturated heterocycles. The Morgan fingerprint density at radius 1 is 1.43 bits per heavy atom. The normalized spacial score (nSPS) is 14.7. The van der Waals surface area contributed by atoms with E-state index in [0.29, 0.717) is 0 Å². The topological polar surface area (TPSA) is 90.5 Å². The number of hydrogen-bond donors (Lipinski definition) is 2. The largest absolute Gasteiger partial charge is 0.387 e. The smallest absolute Gasteiger partial charge is 0.281 e. The Balaban J connectivity index is 4.51. The fraction of sp³-hybridized carbons (Fsp3) is 0.857. The zero-order valence-electron chi connectivity index (χ0n) is 8.98. The Labute approximate surface area is 85.4 Å². The van der Waals surface area contributed by atoms with Crippen molar-refractivity contribution in [1.82, 2.24) is 8.61 Å². The number of rotatable bonds is 5. The molecule has 0 radical (unpaired) electrons. The van der Waals surface area contributed by atoms with E-state index < -0.39 is 10.2 Å². The third-order valence-electron chi connectivity index (χ3n) is 1.92. The number of hydrogen-bond acceptors (Lipinski definition) is 3. The minimum Gasteiger partial charge on any atom is -0.387 e. The van der Waals surface area contributed by atoms with Crippen LogP contribution < -0.4 is 5.73 Å². The summed E-state index contributed by atoms with van der Waals surface area (Å²) in [6.45, 7) is 1.93. The van der Waals surface area contributed by atoms with E-state index in [0.717, 1.165) is 4.31 Å². The van der Waals surface area contributed by atoms with Gasteiger partial charge in [-0.15, -0.1) is 0 Å². The second-order valence-corrected chi connectivity index (χ2v) is 5.68. The molecule has 0 spiro atoms. The monoisotopic (exact) mass is 222 g/mol. The van der Waals surface area contributed by atoms with Crippen molar-refractivity contribution in [2.45, 2.75) is 6.92 Å². The van der Waals surface area contributed by atoms with Crippen molar-refractivity contribution in [2.75, 3.05) is 27.7 Å². The molecule has 14 heavy (non-hydrogen) atoms. The molecular weight excluding hydrogens is 204 g/mol. The lowest BCUT2D eigenvalue weighted by atomic mass is 10.2. The Hall–Kier alpha value is -0.660. The van der Waals surface area contributed by atoms with Gasteiger partial charge in [-0.2, -0.15) is 17.0 Å². The summed E-state index contributed by atoms with van der Waals surface area (Å²) >= 11 is 0. The van der Waals surface area contributed by atoms with Crippen LogP contribution in [0.3, 0.4) is 0 Å². The molecule has 7 heteroatoms. The van der Waals surface area contributed by atoms with Crippen LogP contribution in [0.25, 0.3) is 0 Å². The summed E-state index contributed by atoms with van der Waals surface area (Å²) in [5.41, 5.74) is 5.25. The molecule has 84 valence electrons. The highest BCUT2D eigenvalue weighted by atomic mass is 32.2. The Morgan fingerprint density at radius 3 is 2.14 bits per heavy atom. The quantitative estimate of drug-likeness (QED) is 0.476. The number of nitrogens with two attached hydrogens (primary N) is 1. The van der Waals surface area contributed by atoms with E-state index in [1.165, 1.54) is 25.4 Å². The summed E-state index contributed by atoms with van der Waals surface area (Å²) in [6.07, 6.45) is 0. The predicted molar refractivity (Wildman–Crippen MR) is 56.3 cm³/mol. The van der Waals surface area contributed by atoms with Crippen molar-refractivity contribution >= 4 is 16.0 Å². The highest BCUT2D eigenvalue weighted by Crippen LogP contribution is 2.05. The molecule has 0 bridgehead atoms. The van der Waals surface area contributed by atoms with E-state index in [2.05, 4.69) is 0 Å². The molecule has 0 aromatic heterocycles. The zero-order chi connectivity index (χ0) is 11.5. The van der Waals surface area contributed by atoms with Crippen LogP contribution in [0.4, 0.5) is 0 Å². The van der Waals surface area contributed by atoms with Gasteiger partial charge in [0.15, 0.2) is 0 Å². The summed E-state index contributed by atoms with van der Waals surface area (Å²) in [5.74, 6) is -0.277. The molecule has 0 fully saturated rings. The van der Waals surface area contributed by atoms with E-state index in [1.54, 1.807) is 6.92 Å². The SMILES string of the molecule is CC(CN(C)S(=O)(=O)N(C)C)C(=N)N. The fourth-order valence-electron chi connectivity index (χ4n) is 0.857. The third-order valence-corrected chi connectivity index (χ3v) is 3.78. The predicted octanol–water partition coefficient (Wildman–Crippen LogP) is -0.703. The zero-order valence-corrected chi connectivity index (χ0v) is 9.80. The number of nitrogens with zero attached hydrogens (tertiary/aromatic N) is 2. The lowest BCUT2D eigenvalue weighted by molar-refractivity contribution is 0.401. The second-order valence-electron chi connectivity index (χ2n) is 3.43. The van der Waals surface area contributed by atoms with Crippen LogP contribution in [0.15, 0.2) is 0 Å². The van der Waals surface area contributed by atoms with Gasteiger partial charge in [0.05, 0.1) is 5.84 Å². The molecule has 0 aliphatic rings. The van der Waals surface area contributed by atoms with E-state index in [4.69, 9.17) is 11.1 Å².